The Balaban J connectivity index is 1.72. The highest BCUT2D eigenvalue weighted by atomic mass is 32.1. The lowest BCUT2D eigenvalue weighted by Gasteiger charge is -2.10. The molecule has 0 aliphatic rings. The van der Waals surface area contributed by atoms with Crippen LogP contribution in [0.3, 0.4) is 0 Å². The van der Waals surface area contributed by atoms with Gasteiger partial charge in [0.25, 0.3) is 0 Å². The van der Waals surface area contributed by atoms with Gasteiger partial charge in [0.1, 0.15) is 11.5 Å². The number of pyridine rings is 1. The monoisotopic (exact) mass is 364 g/mol. The second kappa shape index (κ2) is 6.61. The topological polar surface area (TPSA) is 69.0 Å². The van der Waals surface area contributed by atoms with Crippen molar-refractivity contribution in [3.8, 4) is 22.1 Å². The van der Waals surface area contributed by atoms with Crippen LogP contribution in [0, 0.1) is 6.92 Å². The number of carbonyl (C=O) groups excluding carboxylic acids is 1. The van der Waals surface area contributed by atoms with Crippen molar-refractivity contribution < 1.29 is 9.53 Å². The van der Waals surface area contributed by atoms with Gasteiger partial charge < -0.3 is 14.6 Å². The summed E-state index contributed by atoms with van der Waals surface area (Å²) >= 11 is 1.63. The number of hydrogen-bond donors (Lipinski definition) is 1. The van der Waals surface area contributed by atoms with Gasteiger partial charge in [-0.1, -0.05) is 0 Å². The van der Waals surface area contributed by atoms with Crippen LogP contribution in [-0.4, -0.2) is 20.9 Å². The Kier molecular flexibility index (Phi) is 4.14. The molecule has 3 aromatic heterocycles. The minimum absolute atomic E-state index is 0.660. The van der Waals surface area contributed by atoms with E-state index < -0.39 is 0 Å². The summed E-state index contributed by atoms with van der Waals surface area (Å²) in [6, 6.07) is 9.45. The zero-order chi connectivity index (χ0) is 18.1. The molecule has 0 saturated carbocycles. The highest BCUT2D eigenvalue weighted by Gasteiger charge is 2.13. The predicted octanol–water partition coefficient (Wildman–Crippen LogP) is 4.37. The van der Waals surface area contributed by atoms with Crippen molar-refractivity contribution in [1.29, 1.82) is 0 Å². The summed E-state index contributed by atoms with van der Waals surface area (Å²) in [5, 5.41) is 2.64. The number of imidazole rings is 1. The van der Waals surface area contributed by atoms with Crippen molar-refractivity contribution in [2.24, 2.45) is 7.05 Å². The summed E-state index contributed by atoms with van der Waals surface area (Å²) in [7, 11) is 1.97. The highest BCUT2D eigenvalue weighted by Crippen LogP contribution is 2.39. The number of carbonyl (C=O) groups is 1. The number of nitrogens with one attached hydrogen (secondary N) is 1. The van der Waals surface area contributed by atoms with E-state index in [2.05, 4.69) is 15.3 Å². The first-order chi connectivity index (χ1) is 12.7. The number of thiophene rings is 1. The molecule has 0 fully saturated rings. The van der Waals surface area contributed by atoms with Crippen LogP contribution in [0.4, 0.5) is 5.69 Å². The zero-order valence-corrected chi connectivity index (χ0v) is 15.1. The average Bonchev–Trinajstić information content (AvgIpc) is 3.23. The molecule has 0 aliphatic carbocycles. The highest BCUT2D eigenvalue weighted by molar-refractivity contribution is 7.22. The van der Waals surface area contributed by atoms with Crippen LogP contribution in [0.15, 0.2) is 49.1 Å². The van der Waals surface area contributed by atoms with Crippen molar-refractivity contribution in [1.82, 2.24) is 14.5 Å². The van der Waals surface area contributed by atoms with Crippen molar-refractivity contribution in [3.05, 3.63) is 54.6 Å². The van der Waals surface area contributed by atoms with E-state index >= 15 is 0 Å². The SMILES string of the molecule is Cc1cc(NC=O)ccc1Oc1ccnc2cc(-c3cncn3C)sc12. The van der Waals surface area contributed by atoms with E-state index in [0.29, 0.717) is 6.41 Å². The number of nitrogens with zero attached hydrogens (tertiary/aromatic N) is 3. The smallest absolute Gasteiger partial charge is 0.211 e. The van der Waals surface area contributed by atoms with Gasteiger partial charge in [-0.25, -0.2) is 4.98 Å². The Morgan fingerprint density at radius 1 is 1.23 bits per heavy atom. The lowest BCUT2D eigenvalue weighted by molar-refractivity contribution is -0.105. The first-order valence-corrected chi connectivity index (χ1v) is 8.81. The van der Waals surface area contributed by atoms with Crippen molar-refractivity contribution in [3.63, 3.8) is 0 Å². The van der Waals surface area contributed by atoms with Gasteiger partial charge in [-0.2, -0.15) is 0 Å². The molecule has 1 N–H and O–H groups in total. The van der Waals surface area contributed by atoms with Crippen LogP contribution in [0.5, 0.6) is 11.5 Å². The molecule has 0 atom stereocenters. The molecule has 0 radical (unpaired) electrons. The quantitative estimate of drug-likeness (QED) is 0.534. The van der Waals surface area contributed by atoms with E-state index in [0.717, 1.165) is 43.5 Å². The Labute approximate surface area is 154 Å². The molecule has 130 valence electrons. The molecular formula is C19H16N4O2S. The number of fused-ring (bicyclic) bond motifs is 1. The molecule has 3 heterocycles. The van der Waals surface area contributed by atoms with Gasteiger partial charge in [0, 0.05) is 25.0 Å². The third kappa shape index (κ3) is 2.93. The number of hydrogen-bond acceptors (Lipinski definition) is 5. The van der Waals surface area contributed by atoms with Gasteiger partial charge in [0.05, 0.1) is 33.3 Å². The molecular weight excluding hydrogens is 348 g/mol. The number of amides is 1. The van der Waals surface area contributed by atoms with Crippen molar-refractivity contribution in [2.75, 3.05) is 5.32 Å². The molecule has 0 saturated heterocycles. The van der Waals surface area contributed by atoms with Crippen LogP contribution < -0.4 is 10.1 Å². The zero-order valence-electron chi connectivity index (χ0n) is 14.3. The molecule has 0 bridgehead atoms. The largest absolute Gasteiger partial charge is 0.455 e. The van der Waals surface area contributed by atoms with E-state index in [-0.39, 0.29) is 0 Å². The molecule has 26 heavy (non-hydrogen) atoms. The maximum absolute atomic E-state index is 10.6. The van der Waals surface area contributed by atoms with Gasteiger partial charge in [-0.05, 0) is 36.8 Å². The van der Waals surface area contributed by atoms with Crippen LogP contribution in [-0.2, 0) is 11.8 Å². The summed E-state index contributed by atoms with van der Waals surface area (Å²) in [5.74, 6) is 1.50. The fourth-order valence-corrected chi connectivity index (χ4v) is 3.87. The van der Waals surface area contributed by atoms with Crippen LogP contribution >= 0.6 is 11.3 Å². The van der Waals surface area contributed by atoms with Gasteiger partial charge in [0.15, 0.2) is 0 Å². The van der Waals surface area contributed by atoms with Gasteiger partial charge in [-0.15, -0.1) is 11.3 Å². The van der Waals surface area contributed by atoms with E-state index in [1.165, 1.54) is 0 Å². The molecule has 4 rings (SSSR count). The van der Waals surface area contributed by atoms with E-state index in [1.807, 2.05) is 55.1 Å². The van der Waals surface area contributed by atoms with E-state index in [4.69, 9.17) is 4.74 Å². The Morgan fingerprint density at radius 2 is 2.12 bits per heavy atom. The molecule has 1 amide bonds. The molecule has 6 nitrogen and oxygen atoms in total. The van der Waals surface area contributed by atoms with Crippen LogP contribution in [0.2, 0.25) is 0 Å². The summed E-state index contributed by atoms with van der Waals surface area (Å²) in [4.78, 5) is 20.3. The Morgan fingerprint density at radius 3 is 2.85 bits per heavy atom. The minimum Gasteiger partial charge on any atom is -0.455 e. The Hall–Kier alpha value is -3.19. The molecule has 7 heteroatoms. The summed E-state index contributed by atoms with van der Waals surface area (Å²) in [6.45, 7) is 1.94. The first kappa shape index (κ1) is 16.3. The van der Waals surface area contributed by atoms with E-state index in [9.17, 15) is 4.79 Å². The summed E-state index contributed by atoms with van der Waals surface area (Å²) in [5.41, 5.74) is 3.60. The normalized spacial score (nSPS) is 10.8. The third-order valence-electron chi connectivity index (χ3n) is 4.07. The predicted molar refractivity (Wildman–Crippen MR) is 103 cm³/mol. The van der Waals surface area contributed by atoms with Crippen LogP contribution in [0.25, 0.3) is 20.8 Å². The Bertz CT molecular complexity index is 1100. The number of ether oxygens (including phenoxy) is 1. The summed E-state index contributed by atoms with van der Waals surface area (Å²) in [6.07, 6.45) is 6.03. The number of rotatable bonds is 5. The average molecular weight is 364 g/mol. The lowest BCUT2D eigenvalue weighted by atomic mass is 10.2. The first-order valence-electron chi connectivity index (χ1n) is 7.99. The minimum atomic E-state index is 0.660. The standard InChI is InChI=1S/C19H16N4O2S/c1-12-7-13(22-11-24)3-4-16(12)25-17-5-6-21-14-8-18(26-19(14)17)15-9-20-10-23(15)2/h3-11H,1-2H3,(H,22,24). The number of aromatic nitrogens is 3. The maximum atomic E-state index is 10.6. The summed E-state index contributed by atoms with van der Waals surface area (Å²) < 4.78 is 9.11. The number of anilines is 1. The van der Waals surface area contributed by atoms with Gasteiger partial charge >= 0.3 is 0 Å². The fourth-order valence-electron chi connectivity index (χ4n) is 2.76. The van der Waals surface area contributed by atoms with Gasteiger partial charge in [-0.3, -0.25) is 9.78 Å². The fraction of sp³-hybridized carbons (Fsp3) is 0.105. The second-order valence-electron chi connectivity index (χ2n) is 5.87. The maximum Gasteiger partial charge on any atom is 0.211 e. The molecule has 4 aromatic rings. The number of benzene rings is 1. The van der Waals surface area contributed by atoms with Gasteiger partial charge in [0.2, 0.25) is 6.41 Å². The molecule has 1 aromatic carbocycles. The molecule has 0 spiro atoms. The second-order valence-corrected chi connectivity index (χ2v) is 6.92. The lowest BCUT2D eigenvalue weighted by Crippen LogP contribution is -1.95. The van der Waals surface area contributed by atoms with Crippen LogP contribution in [0.1, 0.15) is 5.56 Å². The van der Waals surface area contributed by atoms with Crippen molar-refractivity contribution >= 4 is 33.7 Å². The van der Waals surface area contributed by atoms with Crippen molar-refractivity contribution in [2.45, 2.75) is 6.92 Å². The third-order valence-corrected chi connectivity index (χ3v) is 5.23. The molecule has 0 unspecified atom stereocenters. The molecule has 0 aliphatic heterocycles. The van der Waals surface area contributed by atoms with E-state index in [1.54, 1.807) is 23.9 Å². The number of aryl methyl sites for hydroxylation is 2.